The first-order valence-electron chi connectivity index (χ1n) is 8.10. The van der Waals surface area contributed by atoms with Crippen LogP contribution >= 0.6 is 11.6 Å². The van der Waals surface area contributed by atoms with E-state index in [1.165, 1.54) is 19.2 Å². The number of rotatable bonds is 6. The number of fused-ring (bicyclic) bond motifs is 1. The molecule has 0 atom stereocenters. The van der Waals surface area contributed by atoms with Gasteiger partial charge in [-0.25, -0.2) is 9.18 Å². The topological polar surface area (TPSA) is 88.8 Å². The molecule has 2 aromatic carbocycles. The highest BCUT2D eigenvalue weighted by atomic mass is 35.5. The standard InChI is InChI=1S/C20H15ClFNO5/c1-28-18-4-2-3-15-19(18)12(16(24)8-17(25)20(26)27)10-23(15)9-11-5-6-14(22)13(21)7-11/h2-8,10,24H,9H2,1H3,(H,26,27)/b16-8-. The van der Waals surface area contributed by atoms with E-state index in [0.717, 1.165) is 0 Å². The predicted molar refractivity (Wildman–Crippen MR) is 102 cm³/mol. The summed E-state index contributed by atoms with van der Waals surface area (Å²) >= 11 is 5.84. The fourth-order valence-electron chi connectivity index (χ4n) is 2.91. The van der Waals surface area contributed by atoms with Gasteiger partial charge in [-0.15, -0.1) is 0 Å². The van der Waals surface area contributed by atoms with Crippen molar-refractivity contribution in [1.82, 2.24) is 4.57 Å². The second-order valence-corrected chi connectivity index (χ2v) is 6.38. The number of carboxylic acids is 1. The van der Waals surface area contributed by atoms with Crippen LogP contribution in [0.15, 0.2) is 48.7 Å². The van der Waals surface area contributed by atoms with Crippen LogP contribution in [0.3, 0.4) is 0 Å². The van der Waals surface area contributed by atoms with E-state index in [0.29, 0.717) is 34.8 Å². The highest BCUT2D eigenvalue weighted by Gasteiger charge is 2.18. The Balaban J connectivity index is 2.15. The molecule has 0 amide bonds. The Hall–Kier alpha value is -3.32. The summed E-state index contributed by atoms with van der Waals surface area (Å²) in [4.78, 5) is 22.2. The maximum Gasteiger partial charge on any atom is 0.376 e. The van der Waals surface area contributed by atoms with Crippen molar-refractivity contribution in [3.05, 3.63) is 70.6 Å². The molecular weight excluding hydrogens is 389 g/mol. The predicted octanol–water partition coefficient (Wildman–Crippen LogP) is 4.04. The van der Waals surface area contributed by atoms with Crippen molar-refractivity contribution in [1.29, 1.82) is 0 Å². The molecule has 144 valence electrons. The minimum absolute atomic E-state index is 0.0124. The lowest BCUT2D eigenvalue weighted by molar-refractivity contribution is -0.146. The van der Waals surface area contributed by atoms with Gasteiger partial charge in [0.05, 0.1) is 23.0 Å². The van der Waals surface area contributed by atoms with Gasteiger partial charge in [0.1, 0.15) is 17.3 Å². The molecule has 1 heterocycles. The number of carbonyl (C=O) groups is 2. The van der Waals surface area contributed by atoms with Gasteiger partial charge in [0.15, 0.2) is 0 Å². The summed E-state index contributed by atoms with van der Waals surface area (Å²) in [5.41, 5.74) is 1.61. The normalized spacial score (nSPS) is 11.6. The van der Waals surface area contributed by atoms with E-state index in [9.17, 15) is 19.1 Å². The van der Waals surface area contributed by atoms with Gasteiger partial charge in [0.2, 0.25) is 0 Å². The van der Waals surface area contributed by atoms with E-state index in [2.05, 4.69) is 0 Å². The van der Waals surface area contributed by atoms with Crippen LogP contribution in [0.25, 0.3) is 16.7 Å². The number of nitrogens with zero attached hydrogens (tertiary/aromatic N) is 1. The fourth-order valence-corrected chi connectivity index (χ4v) is 3.12. The third kappa shape index (κ3) is 3.70. The third-order valence-corrected chi connectivity index (χ3v) is 4.47. The molecule has 6 nitrogen and oxygen atoms in total. The highest BCUT2D eigenvalue weighted by Crippen LogP contribution is 2.34. The molecule has 0 aliphatic rings. The van der Waals surface area contributed by atoms with Crippen LogP contribution in [0.4, 0.5) is 4.39 Å². The van der Waals surface area contributed by atoms with Crippen LogP contribution in [-0.4, -0.2) is 33.6 Å². The van der Waals surface area contributed by atoms with Gasteiger partial charge < -0.3 is 19.5 Å². The van der Waals surface area contributed by atoms with E-state index in [-0.39, 0.29) is 10.6 Å². The largest absolute Gasteiger partial charge is 0.507 e. The monoisotopic (exact) mass is 403 g/mol. The number of methoxy groups -OCH3 is 1. The van der Waals surface area contributed by atoms with Crippen LogP contribution < -0.4 is 4.74 Å². The smallest absolute Gasteiger partial charge is 0.376 e. The molecule has 2 N–H and O–H groups in total. The number of aliphatic hydroxyl groups excluding tert-OH is 1. The molecule has 8 heteroatoms. The Kier molecular flexibility index (Phi) is 5.37. The molecule has 0 bridgehead atoms. The Morgan fingerprint density at radius 1 is 1.25 bits per heavy atom. The number of hydrogen-bond donors (Lipinski definition) is 2. The molecule has 3 aromatic rings. The summed E-state index contributed by atoms with van der Waals surface area (Å²) in [5.74, 6) is -3.52. The zero-order chi connectivity index (χ0) is 20.4. The lowest BCUT2D eigenvalue weighted by Crippen LogP contribution is -2.09. The SMILES string of the molecule is COc1cccc2c1c(/C(O)=C/C(=O)C(=O)O)cn2Cc1ccc(F)c(Cl)c1. The number of aliphatic hydroxyl groups is 1. The quantitative estimate of drug-likeness (QED) is 0.368. The van der Waals surface area contributed by atoms with Crippen molar-refractivity contribution >= 4 is 40.0 Å². The highest BCUT2D eigenvalue weighted by molar-refractivity contribution is 6.38. The molecule has 0 spiro atoms. The summed E-state index contributed by atoms with van der Waals surface area (Å²) in [7, 11) is 1.46. The van der Waals surface area contributed by atoms with Gasteiger partial charge in [-0.1, -0.05) is 23.7 Å². The van der Waals surface area contributed by atoms with Crippen LogP contribution in [0.1, 0.15) is 11.1 Å². The Labute approximate surface area is 164 Å². The molecular formula is C20H15ClFNO5. The molecule has 0 saturated carbocycles. The van der Waals surface area contributed by atoms with E-state index >= 15 is 0 Å². The number of carbonyl (C=O) groups excluding carboxylic acids is 1. The first-order chi connectivity index (χ1) is 13.3. The van der Waals surface area contributed by atoms with Crippen LogP contribution in [-0.2, 0) is 16.1 Å². The minimum atomic E-state index is -1.68. The Bertz CT molecular complexity index is 1120. The number of ether oxygens (including phenoxy) is 1. The molecule has 0 saturated heterocycles. The second-order valence-electron chi connectivity index (χ2n) is 5.97. The van der Waals surface area contributed by atoms with Crippen LogP contribution in [0.5, 0.6) is 5.75 Å². The Morgan fingerprint density at radius 3 is 2.64 bits per heavy atom. The molecule has 3 rings (SSSR count). The number of aromatic nitrogens is 1. The first kappa shape index (κ1) is 19.4. The number of aliphatic carboxylic acids is 1. The summed E-state index contributed by atoms with van der Waals surface area (Å²) in [6, 6.07) is 9.54. The van der Waals surface area contributed by atoms with Gasteiger partial charge in [-0.2, -0.15) is 0 Å². The molecule has 0 radical (unpaired) electrons. The summed E-state index contributed by atoms with van der Waals surface area (Å²) in [5, 5.41) is 19.6. The number of carboxylic acid groups (broad SMARTS) is 1. The second kappa shape index (κ2) is 7.74. The maximum absolute atomic E-state index is 13.4. The van der Waals surface area contributed by atoms with E-state index < -0.39 is 23.3 Å². The number of halogens is 2. The molecule has 0 aliphatic heterocycles. The van der Waals surface area contributed by atoms with Crippen LogP contribution in [0.2, 0.25) is 5.02 Å². The summed E-state index contributed by atoms with van der Waals surface area (Å²) in [6.45, 7) is 0.295. The minimum Gasteiger partial charge on any atom is -0.507 e. The lowest BCUT2D eigenvalue weighted by Gasteiger charge is -2.08. The van der Waals surface area contributed by atoms with Gasteiger partial charge in [0.25, 0.3) is 5.78 Å². The summed E-state index contributed by atoms with van der Waals surface area (Å²) in [6.07, 6.45) is 2.20. The lowest BCUT2D eigenvalue weighted by atomic mass is 10.1. The van der Waals surface area contributed by atoms with E-state index in [1.807, 2.05) is 0 Å². The zero-order valence-electron chi connectivity index (χ0n) is 14.6. The van der Waals surface area contributed by atoms with Crippen molar-refractivity contribution in [3.63, 3.8) is 0 Å². The molecule has 0 aliphatic carbocycles. The number of hydrogen-bond acceptors (Lipinski definition) is 4. The van der Waals surface area contributed by atoms with Gasteiger partial charge in [-0.3, -0.25) is 4.79 Å². The number of ketones is 1. The average Bonchev–Trinajstić information content (AvgIpc) is 3.03. The van der Waals surface area contributed by atoms with Crippen molar-refractivity contribution < 1.29 is 28.9 Å². The Morgan fingerprint density at radius 2 is 2.00 bits per heavy atom. The summed E-state index contributed by atoms with van der Waals surface area (Å²) < 4.78 is 20.5. The molecule has 1 aromatic heterocycles. The van der Waals surface area contributed by atoms with Crippen molar-refractivity contribution in [2.24, 2.45) is 0 Å². The van der Waals surface area contributed by atoms with Crippen molar-refractivity contribution in [2.45, 2.75) is 6.54 Å². The van der Waals surface area contributed by atoms with Crippen molar-refractivity contribution in [2.75, 3.05) is 7.11 Å². The fraction of sp³-hybridized carbons (Fsp3) is 0.100. The van der Waals surface area contributed by atoms with E-state index in [1.54, 1.807) is 35.0 Å². The molecule has 0 fully saturated rings. The first-order valence-corrected chi connectivity index (χ1v) is 8.47. The molecule has 0 unspecified atom stereocenters. The van der Waals surface area contributed by atoms with Crippen molar-refractivity contribution in [3.8, 4) is 5.75 Å². The van der Waals surface area contributed by atoms with E-state index in [4.69, 9.17) is 21.4 Å². The third-order valence-electron chi connectivity index (χ3n) is 4.18. The van der Waals surface area contributed by atoms with Crippen LogP contribution in [0, 0.1) is 5.82 Å². The van der Waals surface area contributed by atoms with Gasteiger partial charge >= 0.3 is 5.97 Å². The maximum atomic E-state index is 13.4. The number of benzene rings is 2. The molecule has 28 heavy (non-hydrogen) atoms. The average molecular weight is 404 g/mol. The van der Waals surface area contributed by atoms with Gasteiger partial charge in [0, 0.05) is 24.4 Å². The van der Waals surface area contributed by atoms with Gasteiger partial charge in [-0.05, 0) is 29.8 Å². The zero-order valence-corrected chi connectivity index (χ0v) is 15.4.